The average Bonchev–Trinajstić information content (AvgIpc) is 2.67. The summed E-state index contributed by atoms with van der Waals surface area (Å²) in [5.74, 6) is 0.00797. The zero-order valence-corrected chi connectivity index (χ0v) is 10.1. The maximum atomic E-state index is 11.5. The molecule has 0 fully saturated rings. The normalized spacial score (nSPS) is 11.9. The minimum Gasteiger partial charge on any atom is -0.369 e. The maximum absolute atomic E-state index is 11.5. The van der Waals surface area contributed by atoms with Gasteiger partial charge in [0.05, 0.1) is 12.9 Å². The molecule has 0 saturated heterocycles. The van der Waals surface area contributed by atoms with Crippen LogP contribution < -0.4 is 11.3 Å². The van der Waals surface area contributed by atoms with Gasteiger partial charge in [0.2, 0.25) is 5.95 Å². The lowest BCUT2D eigenvalue weighted by Gasteiger charge is -2.02. The van der Waals surface area contributed by atoms with E-state index in [2.05, 4.69) is 15.0 Å². The fraction of sp³-hybridized carbons (Fsp3) is 0.375. The Morgan fingerprint density at radius 2 is 2.39 bits per heavy atom. The van der Waals surface area contributed by atoms with Crippen molar-refractivity contribution < 1.29 is 14.2 Å². The van der Waals surface area contributed by atoms with Gasteiger partial charge in [-0.05, 0) is 4.57 Å². The summed E-state index contributed by atoms with van der Waals surface area (Å²) in [4.78, 5) is 30.2. The number of nitrogens with zero attached hydrogens (tertiary/aromatic N) is 3. The van der Waals surface area contributed by atoms with Crippen LogP contribution in [0, 0.1) is 0 Å². The Morgan fingerprint density at radius 3 is 3.11 bits per heavy atom. The van der Waals surface area contributed by atoms with E-state index in [1.54, 1.807) is 4.57 Å². The average molecular weight is 272 g/mol. The number of nitrogens with one attached hydrogen (secondary N) is 1. The number of ether oxygens (including phenoxy) is 1. The predicted octanol–water partition coefficient (Wildman–Crippen LogP) is -0.589. The quantitative estimate of drug-likeness (QED) is 0.488. The second-order valence-electron chi connectivity index (χ2n) is 3.45. The van der Waals surface area contributed by atoms with Crippen LogP contribution >= 0.6 is 8.03 Å². The summed E-state index contributed by atoms with van der Waals surface area (Å²) in [6.45, 7) is 0.567. The van der Waals surface area contributed by atoms with Crippen LogP contribution in [0.2, 0.25) is 0 Å². The highest BCUT2D eigenvalue weighted by Gasteiger charge is 2.11. The van der Waals surface area contributed by atoms with E-state index in [9.17, 15) is 9.36 Å². The van der Waals surface area contributed by atoms with Crippen molar-refractivity contribution in [3.8, 4) is 0 Å². The number of fused-ring (bicyclic) bond motifs is 1. The molecule has 2 aromatic heterocycles. The lowest BCUT2D eigenvalue weighted by molar-refractivity contribution is 0.163. The summed E-state index contributed by atoms with van der Waals surface area (Å²) in [5, 5.41) is 0. The molecular weight excluding hydrogens is 261 g/mol. The molecule has 0 aromatic carbocycles. The van der Waals surface area contributed by atoms with Gasteiger partial charge in [-0.3, -0.25) is 9.78 Å². The number of aromatic amines is 1. The summed E-state index contributed by atoms with van der Waals surface area (Å²) in [7, 11) is -2.30. The van der Waals surface area contributed by atoms with Crippen molar-refractivity contribution in [3.05, 3.63) is 16.7 Å². The van der Waals surface area contributed by atoms with Crippen LogP contribution in [-0.4, -0.2) is 37.4 Å². The van der Waals surface area contributed by atoms with Crippen molar-refractivity contribution in [1.29, 1.82) is 0 Å². The van der Waals surface area contributed by atoms with E-state index in [0.29, 0.717) is 12.2 Å². The highest BCUT2D eigenvalue weighted by molar-refractivity contribution is 7.37. The number of H-pyrrole nitrogens is 1. The lowest BCUT2D eigenvalue weighted by Crippen LogP contribution is -2.13. The van der Waals surface area contributed by atoms with Crippen LogP contribution in [0.5, 0.6) is 0 Å². The van der Waals surface area contributed by atoms with Gasteiger partial charge in [0.15, 0.2) is 11.2 Å². The molecule has 0 spiro atoms. The first-order valence-corrected chi connectivity index (χ1v) is 6.39. The van der Waals surface area contributed by atoms with Crippen LogP contribution in [0.25, 0.3) is 11.2 Å². The molecule has 1 unspecified atom stereocenters. The first-order chi connectivity index (χ1) is 8.58. The van der Waals surface area contributed by atoms with E-state index < -0.39 is 13.6 Å². The molecule has 9 nitrogen and oxygen atoms in total. The molecule has 2 aromatic rings. The Hall–Kier alpha value is -1.83. The van der Waals surface area contributed by atoms with Gasteiger partial charge in [-0.2, -0.15) is 9.88 Å². The van der Waals surface area contributed by atoms with Crippen molar-refractivity contribution in [1.82, 2.24) is 19.5 Å². The molecule has 0 saturated carbocycles. The Balaban J connectivity index is 2.14. The van der Waals surface area contributed by atoms with Gasteiger partial charge in [0.25, 0.3) is 11.9 Å². The van der Waals surface area contributed by atoms with E-state index in [-0.39, 0.29) is 24.4 Å². The molecule has 4 N–H and O–H groups in total. The van der Waals surface area contributed by atoms with E-state index >= 15 is 0 Å². The molecule has 10 heteroatoms. The van der Waals surface area contributed by atoms with E-state index in [0.717, 1.165) is 0 Å². The molecule has 96 valence electrons. The van der Waals surface area contributed by atoms with E-state index in [4.69, 9.17) is 15.4 Å². The SMILES string of the molecule is Nc1nc2c(ncn2CCOC[P+](=O)O)c(=O)[nH]1. The standard InChI is InChI=1S/C8H10N5O4P/c9-8-11-6-5(7(14)12-8)10-3-13(6)1-2-17-4-18(15)16/h3H,1-2,4H2,(H3-,9,11,12,14,15,16)/p+1. The molecule has 1 atom stereocenters. The number of nitrogen functional groups attached to an aromatic ring is 1. The molecular formula is C8H11N5O4P+. The molecule has 0 aliphatic heterocycles. The van der Waals surface area contributed by atoms with Gasteiger partial charge in [0, 0.05) is 6.54 Å². The largest absolute Gasteiger partial charge is 0.534 e. The number of hydrogen-bond donors (Lipinski definition) is 3. The minimum absolute atomic E-state index is 0.00797. The summed E-state index contributed by atoms with van der Waals surface area (Å²) >= 11 is 0. The minimum atomic E-state index is -2.30. The third-order valence-corrected chi connectivity index (χ3v) is 2.57. The topological polar surface area (TPSA) is 136 Å². The van der Waals surface area contributed by atoms with Crippen LogP contribution in [0.3, 0.4) is 0 Å². The summed E-state index contributed by atoms with van der Waals surface area (Å²) < 4.78 is 16.9. The van der Waals surface area contributed by atoms with Crippen LogP contribution in [-0.2, 0) is 15.8 Å². The smallest absolute Gasteiger partial charge is 0.369 e. The molecule has 0 bridgehead atoms. The second kappa shape index (κ2) is 5.21. The van der Waals surface area contributed by atoms with Crippen LogP contribution in [0.15, 0.2) is 11.1 Å². The van der Waals surface area contributed by atoms with E-state index in [1.165, 1.54) is 6.33 Å². The van der Waals surface area contributed by atoms with Gasteiger partial charge in [-0.15, -0.1) is 0 Å². The van der Waals surface area contributed by atoms with Gasteiger partial charge < -0.3 is 15.0 Å². The summed E-state index contributed by atoms with van der Waals surface area (Å²) in [5.41, 5.74) is 5.58. The number of rotatable bonds is 5. The van der Waals surface area contributed by atoms with Crippen molar-refractivity contribution >= 4 is 25.1 Å². The van der Waals surface area contributed by atoms with Crippen LogP contribution in [0.4, 0.5) is 5.95 Å². The fourth-order valence-corrected chi connectivity index (χ4v) is 1.73. The maximum Gasteiger partial charge on any atom is 0.534 e. The Bertz CT molecular complexity index is 636. The number of anilines is 1. The summed E-state index contributed by atoms with van der Waals surface area (Å²) in [6, 6.07) is 0. The Morgan fingerprint density at radius 1 is 1.61 bits per heavy atom. The molecule has 0 aliphatic carbocycles. The highest BCUT2D eigenvalue weighted by atomic mass is 31.1. The monoisotopic (exact) mass is 272 g/mol. The Labute approximate surface area is 101 Å². The number of hydrogen-bond acceptors (Lipinski definition) is 6. The highest BCUT2D eigenvalue weighted by Crippen LogP contribution is 2.12. The molecule has 2 rings (SSSR count). The number of imidazole rings is 1. The second-order valence-corrected chi connectivity index (χ2v) is 4.41. The van der Waals surface area contributed by atoms with Gasteiger partial charge in [-0.1, -0.05) is 0 Å². The zero-order chi connectivity index (χ0) is 13.1. The molecule has 0 amide bonds. The van der Waals surface area contributed by atoms with Gasteiger partial charge >= 0.3 is 8.03 Å². The van der Waals surface area contributed by atoms with Gasteiger partial charge in [0.1, 0.15) is 0 Å². The number of aromatic nitrogens is 4. The fourth-order valence-electron chi connectivity index (χ4n) is 1.44. The number of nitrogens with two attached hydrogens (primary N) is 1. The first kappa shape index (κ1) is 12.6. The van der Waals surface area contributed by atoms with Crippen molar-refractivity contribution in [3.63, 3.8) is 0 Å². The van der Waals surface area contributed by atoms with Gasteiger partial charge in [-0.25, -0.2) is 4.98 Å². The molecule has 18 heavy (non-hydrogen) atoms. The zero-order valence-electron chi connectivity index (χ0n) is 9.24. The third-order valence-electron chi connectivity index (χ3n) is 2.17. The van der Waals surface area contributed by atoms with Crippen LogP contribution in [0.1, 0.15) is 0 Å². The third kappa shape index (κ3) is 2.70. The molecule has 0 radical (unpaired) electrons. The molecule has 2 heterocycles. The molecule has 0 aliphatic rings. The lowest BCUT2D eigenvalue weighted by atomic mass is 10.5. The summed E-state index contributed by atoms with van der Waals surface area (Å²) in [6.07, 6.45) is 1.22. The first-order valence-electron chi connectivity index (χ1n) is 5.00. The van der Waals surface area contributed by atoms with Crippen molar-refractivity contribution in [2.45, 2.75) is 6.54 Å². The Kier molecular flexibility index (Phi) is 3.66. The van der Waals surface area contributed by atoms with E-state index in [1.807, 2.05) is 0 Å². The van der Waals surface area contributed by atoms with Crippen molar-refractivity contribution in [2.24, 2.45) is 0 Å². The predicted molar refractivity (Wildman–Crippen MR) is 63.2 cm³/mol. The van der Waals surface area contributed by atoms with Crippen molar-refractivity contribution in [2.75, 3.05) is 18.7 Å².